The molecule has 0 radical (unpaired) electrons. The first-order chi connectivity index (χ1) is 12.1. The van der Waals surface area contributed by atoms with E-state index >= 15 is 0 Å². The number of nitrogens with zero attached hydrogens (tertiary/aromatic N) is 6. The minimum absolute atomic E-state index is 0.557. The highest BCUT2D eigenvalue weighted by Crippen LogP contribution is 2.21. The summed E-state index contributed by atoms with van der Waals surface area (Å²) >= 11 is 1.74. The Kier molecular flexibility index (Phi) is 6.39. The third-order valence-electron chi connectivity index (χ3n) is 4.37. The van der Waals surface area contributed by atoms with Crippen LogP contribution < -0.4 is 0 Å². The second kappa shape index (κ2) is 8.73. The maximum absolute atomic E-state index is 5.03. The lowest BCUT2D eigenvalue weighted by atomic mass is 10.2. The van der Waals surface area contributed by atoms with E-state index in [9.17, 15) is 0 Å². The van der Waals surface area contributed by atoms with Crippen molar-refractivity contribution in [2.45, 2.75) is 50.7 Å². The van der Waals surface area contributed by atoms with Gasteiger partial charge in [0.2, 0.25) is 5.89 Å². The summed E-state index contributed by atoms with van der Waals surface area (Å²) in [6.07, 6.45) is 5.06. The number of aromatic nitrogens is 4. The van der Waals surface area contributed by atoms with Gasteiger partial charge in [0.1, 0.15) is 0 Å². The maximum Gasteiger partial charge on any atom is 0.223 e. The predicted octanol–water partition coefficient (Wildman–Crippen LogP) is 2.38. The molecule has 1 saturated heterocycles. The third kappa shape index (κ3) is 5.49. The molecule has 7 nitrogen and oxygen atoms in total. The average Bonchev–Trinajstić information content (AvgIpc) is 3.03. The zero-order valence-electron chi connectivity index (χ0n) is 15.2. The van der Waals surface area contributed by atoms with E-state index in [0.29, 0.717) is 11.1 Å². The Hall–Kier alpha value is -1.51. The van der Waals surface area contributed by atoms with E-state index in [1.165, 1.54) is 5.56 Å². The molecular weight excluding hydrogens is 336 g/mol. The van der Waals surface area contributed by atoms with E-state index in [1.807, 2.05) is 19.3 Å². The van der Waals surface area contributed by atoms with Crippen molar-refractivity contribution < 1.29 is 4.52 Å². The summed E-state index contributed by atoms with van der Waals surface area (Å²) in [7, 11) is 0. The van der Waals surface area contributed by atoms with E-state index in [1.54, 1.807) is 11.8 Å². The highest BCUT2D eigenvalue weighted by Gasteiger charge is 2.19. The van der Waals surface area contributed by atoms with E-state index in [2.05, 4.69) is 43.8 Å². The molecule has 2 aromatic rings. The van der Waals surface area contributed by atoms with Gasteiger partial charge in [-0.15, -0.1) is 0 Å². The van der Waals surface area contributed by atoms with E-state index < -0.39 is 0 Å². The van der Waals surface area contributed by atoms with Crippen molar-refractivity contribution >= 4 is 11.8 Å². The number of piperazine rings is 1. The summed E-state index contributed by atoms with van der Waals surface area (Å²) in [5.74, 6) is 1.40. The van der Waals surface area contributed by atoms with Crippen molar-refractivity contribution in [3.63, 3.8) is 0 Å². The van der Waals surface area contributed by atoms with Crippen LogP contribution >= 0.6 is 11.8 Å². The standard InChI is InChI=1S/C17H26N6OS/c1-4-13(2)25-17-18-9-15(10-19-17)11-22-5-7-23(8-6-22)12-16-20-14(3)24-21-16/h9-10,13H,4-8,11-12H2,1-3H3/t13-/m0/s1. The normalized spacial score (nSPS) is 17.7. The lowest BCUT2D eigenvalue weighted by Crippen LogP contribution is -2.45. The number of hydrogen-bond acceptors (Lipinski definition) is 8. The Morgan fingerprint density at radius 2 is 1.76 bits per heavy atom. The Morgan fingerprint density at radius 1 is 1.12 bits per heavy atom. The molecule has 25 heavy (non-hydrogen) atoms. The molecule has 1 fully saturated rings. The van der Waals surface area contributed by atoms with Crippen LogP contribution in [-0.4, -0.2) is 61.3 Å². The van der Waals surface area contributed by atoms with Gasteiger partial charge in [0.05, 0.1) is 6.54 Å². The molecule has 0 saturated carbocycles. The molecule has 0 unspecified atom stereocenters. The van der Waals surface area contributed by atoms with Gasteiger partial charge in [-0.3, -0.25) is 9.80 Å². The molecule has 8 heteroatoms. The molecule has 3 rings (SSSR count). The fraction of sp³-hybridized carbons (Fsp3) is 0.647. The fourth-order valence-electron chi connectivity index (χ4n) is 2.72. The minimum atomic E-state index is 0.557. The van der Waals surface area contributed by atoms with Gasteiger partial charge in [0.25, 0.3) is 0 Å². The van der Waals surface area contributed by atoms with Crippen molar-refractivity contribution in [2.24, 2.45) is 0 Å². The largest absolute Gasteiger partial charge is 0.340 e. The Balaban J connectivity index is 1.44. The highest BCUT2D eigenvalue weighted by molar-refractivity contribution is 7.99. The zero-order valence-corrected chi connectivity index (χ0v) is 16.0. The molecule has 0 aliphatic carbocycles. The molecule has 136 valence electrons. The predicted molar refractivity (Wildman–Crippen MR) is 97.2 cm³/mol. The van der Waals surface area contributed by atoms with Crippen LogP contribution in [0.2, 0.25) is 0 Å². The second-order valence-corrected chi connectivity index (χ2v) is 7.90. The SMILES string of the molecule is CC[C@H](C)Sc1ncc(CN2CCN(Cc3noc(C)n3)CC2)cn1. The Morgan fingerprint density at radius 3 is 2.32 bits per heavy atom. The molecule has 1 atom stereocenters. The van der Waals surface area contributed by atoms with Crippen LogP contribution in [0.25, 0.3) is 0 Å². The summed E-state index contributed by atoms with van der Waals surface area (Å²) in [6, 6.07) is 0. The van der Waals surface area contributed by atoms with Gasteiger partial charge in [-0.05, 0) is 6.42 Å². The van der Waals surface area contributed by atoms with Crippen LogP contribution in [-0.2, 0) is 13.1 Å². The summed E-state index contributed by atoms with van der Waals surface area (Å²) in [5.41, 5.74) is 1.18. The smallest absolute Gasteiger partial charge is 0.223 e. The maximum atomic E-state index is 5.03. The number of hydrogen-bond donors (Lipinski definition) is 0. The van der Waals surface area contributed by atoms with Crippen LogP contribution in [0.5, 0.6) is 0 Å². The van der Waals surface area contributed by atoms with Gasteiger partial charge in [0, 0.05) is 62.9 Å². The molecule has 1 aliphatic heterocycles. The van der Waals surface area contributed by atoms with Crippen LogP contribution in [0.1, 0.15) is 37.5 Å². The van der Waals surface area contributed by atoms with Crippen molar-refractivity contribution in [1.82, 2.24) is 29.9 Å². The quantitative estimate of drug-likeness (QED) is 0.549. The van der Waals surface area contributed by atoms with Crippen LogP contribution in [0.3, 0.4) is 0 Å². The Labute approximate surface area is 153 Å². The minimum Gasteiger partial charge on any atom is -0.340 e. The van der Waals surface area contributed by atoms with E-state index in [-0.39, 0.29) is 0 Å². The molecule has 0 aromatic carbocycles. The number of thioether (sulfide) groups is 1. The molecule has 0 amide bonds. The van der Waals surface area contributed by atoms with Gasteiger partial charge >= 0.3 is 0 Å². The molecule has 0 spiro atoms. The fourth-order valence-corrected chi connectivity index (χ4v) is 3.47. The topological polar surface area (TPSA) is 71.2 Å². The van der Waals surface area contributed by atoms with E-state index in [4.69, 9.17) is 4.52 Å². The molecule has 3 heterocycles. The lowest BCUT2D eigenvalue weighted by Gasteiger charge is -2.33. The van der Waals surface area contributed by atoms with Crippen LogP contribution in [0.15, 0.2) is 22.1 Å². The monoisotopic (exact) mass is 362 g/mol. The summed E-state index contributed by atoms with van der Waals surface area (Å²) in [5, 5.41) is 5.40. The average molecular weight is 363 g/mol. The first-order valence-corrected chi connectivity index (χ1v) is 9.72. The van der Waals surface area contributed by atoms with Gasteiger partial charge in [-0.2, -0.15) is 4.98 Å². The lowest BCUT2D eigenvalue weighted by molar-refractivity contribution is 0.119. The van der Waals surface area contributed by atoms with Gasteiger partial charge in [-0.1, -0.05) is 30.8 Å². The molecule has 1 aliphatic rings. The van der Waals surface area contributed by atoms with Crippen molar-refractivity contribution in [3.05, 3.63) is 29.7 Å². The van der Waals surface area contributed by atoms with Crippen molar-refractivity contribution in [2.75, 3.05) is 26.2 Å². The van der Waals surface area contributed by atoms with Crippen molar-refractivity contribution in [3.8, 4) is 0 Å². The Bertz CT molecular complexity index is 653. The number of aryl methyl sites for hydroxylation is 1. The summed E-state index contributed by atoms with van der Waals surface area (Å²) < 4.78 is 5.03. The zero-order chi connectivity index (χ0) is 17.6. The molecule has 0 bridgehead atoms. The highest BCUT2D eigenvalue weighted by atomic mass is 32.2. The molecule has 0 N–H and O–H groups in total. The third-order valence-corrected chi connectivity index (χ3v) is 5.53. The number of rotatable bonds is 7. The van der Waals surface area contributed by atoms with E-state index in [0.717, 1.165) is 56.7 Å². The first kappa shape index (κ1) is 18.3. The summed E-state index contributed by atoms with van der Waals surface area (Å²) in [6.45, 7) is 12.0. The molecular formula is C17H26N6OS. The van der Waals surface area contributed by atoms with Gasteiger partial charge in [0.15, 0.2) is 11.0 Å². The second-order valence-electron chi connectivity index (χ2n) is 6.49. The van der Waals surface area contributed by atoms with Crippen molar-refractivity contribution in [1.29, 1.82) is 0 Å². The van der Waals surface area contributed by atoms with Crippen LogP contribution in [0, 0.1) is 6.92 Å². The van der Waals surface area contributed by atoms with Gasteiger partial charge < -0.3 is 4.52 Å². The summed E-state index contributed by atoms with van der Waals surface area (Å²) in [4.78, 5) is 18.1. The van der Waals surface area contributed by atoms with Gasteiger partial charge in [-0.25, -0.2) is 9.97 Å². The van der Waals surface area contributed by atoms with Crippen LogP contribution in [0.4, 0.5) is 0 Å². The first-order valence-electron chi connectivity index (χ1n) is 8.84. The molecule has 2 aromatic heterocycles.